The number of amides is 1. The minimum atomic E-state index is -4.54. The first-order valence-corrected chi connectivity index (χ1v) is 14.7. The van der Waals surface area contributed by atoms with Crippen LogP contribution in [0.5, 0.6) is 0 Å². The highest BCUT2D eigenvalue weighted by Gasteiger charge is 2.48. The summed E-state index contributed by atoms with van der Waals surface area (Å²) < 4.78 is 15.9. The molecule has 5 rings (SSSR count). The Bertz CT molecular complexity index is 1260. The number of carbonyl (C=O) groups excluding carboxylic acids is 2. The molecule has 2 saturated carbocycles. The summed E-state index contributed by atoms with van der Waals surface area (Å²) in [5.74, 6) is 0.656. The highest BCUT2D eigenvalue weighted by atomic mass is 35.5. The third-order valence-corrected chi connectivity index (χ3v) is 8.55. The van der Waals surface area contributed by atoms with E-state index in [4.69, 9.17) is 30.9 Å². The van der Waals surface area contributed by atoms with Crippen molar-refractivity contribution in [3.8, 4) is 0 Å². The van der Waals surface area contributed by atoms with E-state index in [1.165, 1.54) is 12.8 Å². The Kier molecular flexibility index (Phi) is 7.75. The molecular weight excluding hydrogens is 533 g/mol. The number of carbonyl (C=O) groups is 2. The van der Waals surface area contributed by atoms with Crippen molar-refractivity contribution in [2.75, 3.05) is 23.3 Å². The third-order valence-electron chi connectivity index (χ3n) is 7.65. The van der Waals surface area contributed by atoms with Crippen LogP contribution >= 0.6 is 19.4 Å². The number of hydrogen-bond acceptors (Lipinski definition) is 8. The lowest BCUT2D eigenvalue weighted by molar-refractivity contribution is 0.0820. The molecule has 1 aliphatic heterocycles. The fourth-order valence-electron chi connectivity index (χ4n) is 5.25. The van der Waals surface area contributed by atoms with Crippen molar-refractivity contribution in [2.45, 2.75) is 63.6 Å². The van der Waals surface area contributed by atoms with Gasteiger partial charge in [0.1, 0.15) is 11.4 Å². The van der Waals surface area contributed by atoms with Crippen molar-refractivity contribution < 1.29 is 28.5 Å². The second kappa shape index (κ2) is 10.9. The van der Waals surface area contributed by atoms with Crippen molar-refractivity contribution in [3.63, 3.8) is 0 Å². The van der Waals surface area contributed by atoms with Crippen molar-refractivity contribution in [2.24, 2.45) is 5.41 Å². The van der Waals surface area contributed by atoms with E-state index in [-0.39, 0.29) is 11.9 Å². The number of anilines is 2. The number of benzene rings is 1. The molecule has 13 heteroatoms. The van der Waals surface area contributed by atoms with Gasteiger partial charge in [-0.3, -0.25) is 14.1 Å². The molecule has 0 unspecified atom stereocenters. The van der Waals surface area contributed by atoms with Gasteiger partial charge in [0.2, 0.25) is 5.95 Å². The standard InChI is InChI=1S/C25H31ClN5O6P/c26-21-11-16(1-2-17(21)14-32)12-27-22-20(13-28-24(30-22)31-10-9-25(15-31)7-8-25)23(33)29-18-3-5-19(6-4-18)37-38(34,35)36/h1-2,11,13-14,18-19H,3-10,12,15H2,(H,29,33)(H,27,28,30)(H2,34,35,36). The number of hydrogen-bond donors (Lipinski definition) is 4. The molecule has 0 radical (unpaired) electrons. The lowest BCUT2D eigenvalue weighted by Gasteiger charge is -2.29. The molecule has 1 amide bonds. The van der Waals surface area contributed by atoms with Gasteiger partial charge in [0.25, 0.3) is 5.91 Å². The van der Waals surface area contributed by atoms with Crippen molar-refractivity contribution in [3.05, 3.63) is 46.1 Å². The van der Waals surface area contributed by atoms with Crippen molar-refractivity contribution >= 4 is 43.4 Å². The molecule has 11 nitrogen and oxygen atoms in total. The zero-order chi connectivity index (χ0) is 26.9. The van der Waals surface area contributed by atoms with Gasteiger partial charge in [0.05, 0.1) is 11.1 Å². The quantitative estimate of drug-likeness (QED) is 0.262. The number of nitrogens with zero attached hydrogens (tertiary/aromatic N) is 3. The third kappa shape index (κ3) is 6.52. The molecule has 0 atom stereocenters. The number of halogens is 1. The van der Waals surface area contributed by atoms with Crippen LogP contribution in [0.3, 0.4) is 0 Å². The van der Waals surface area contributed by atoms with Crippen LogP contribution in [-0.2, 0) is 15.6 Å². The van der Waals surface area contributed by atoms with Crippen LogP contribution in [0.25, 0.3) is 0 Å². The molecule has 2 aromatic rings. The fraction of sp³-hybridized carbons (Fsp3) is 0.520. The number of phosphoric ester groups is 1. The summed E-state index contributed by atoms with van der Waals surface area (Å²) in [6, 6.07) is 4.99. The topological polar surface area (TPSA) is 154 Å². The van der Waals surface area contributed by atoms with Gasteiger partial charge in [0, 0.05) is 37.4 Å². The van der Waals surface area contributed by atoms with Crippen LogP contribution in [0.4, 0.5) is 11.8 Å². The van der Waals surface area contributed by atoms with E-state index >= 15 is 0 Å². The van der Waals surface area contributed by atoms with E-state index in [1.807, 2.05) is 0 Å². The number of aldehydes is 1. The zero-order valence-corrected chi connectivity index (χ0v) is 22.5. The maximum absolute atomic E-state index is 13.3. The molecule has 3 fully saturated rings. The maximum Gasteiger partial charge on any atom is 0.469 e. The highest BCUT2D eigenvalue weighted by Crippen LogP contribution is 2.53. The molecular formula is C25H31ClN5O6P. The Morgan fingerprint density at radius 3 is 2.63 bits per heavy atom. The van der Waals surface area contributed by atoms with E-state index in [2.05, 4.69) is 20.5 Å². The van der Waals surface area contributed by atoms with Crippen LogP contribution in [0.15, 0.2) is 24.4 Å². The normalized spacial score (nSPS) is 22.3. The lowest BCUT2D eigenvalue weighted by atomic mass is 9.93. The van der Waals surface area contributed by atoms with E-state index in [9.17, 15) is 14.2 Å². The predicted molar refractivity (Wildman–Crippen MR) is 141 cm³/mol. The van der Waals surface area contributed by atoms with E-state index < -0.39 is 13.9 Å². The van der Waals surface area contributed by atoms with Gasteiger partial charge in [-0.25, -0.2) is 9.55 Å². The zero-order valence-electron chi connectivity index (χ0n) is 20.8. The van der Waals surface area contributed by atoms with Crippen LogP contribution < -0.4 is 15.5 Å². The molecule has 204 valence electrons. The molecule has 1 aromatic heterocycles. The summed E-state index contributed by atoms with van der Waals surface area (Å²) in [6.45, 7) is 2.14. The van der Waals surface area contributed by atoms with Crippen LogP contribution in [0.2, 0.25) is 5.02 Å². The lowest BCUT2D eigenvalue weighted by Crippen LogP contribution is -2.39. The van der Waals surface area contributed by atoms with Crippen LogP contribution in [-0.4, -0.2) is 57.2 Å². The van der Waals surface area contributed by atoms with Crippen LogP contribution in [0.1, 0.15) is 71.2 Å². The number of rotatable bonds is 9. The molecule has 4 N–H and O–H groups in total. The monoisotopic (exact) mass is 563 g/mol. The van der Waals surface area contributed by atoms with Gasteiger partial charge < -0.3 is 25.3 Å². The van der Waals surface area contributed by atoms with Gasteiger partial charge in [-0.2, -0.15) is 4.98 Å². The van der Waals surface area contributed by atoms with Gasteiger partial charge in [-0.15, -0.1) is 0 Å². The minimum Gasteiger partial charge on any atom is -0.365 e. The van der Waals surface area contributed by atoms with Gasteiger partial charge in [0.15, 0.2) is 6.29 Å². The summed E-state index contributed by atoms with van der Waals surface area (Å²) in [7, 11) is -4.54. The Hall–Kier alpha value is -2.56. The van der Waals surface area contributed by atoms with E-state index in [1.54, 1.807) is 24.4 Å². The Balaban J connectivity index is 1.29. The molecule has 1 spiro atoms. The first-order valence-electron chi connectivity index (χ1n) is 12.8. The molecule has 2 aliphatic carbocycles. The average Bonchev–Trinajstić information content (AvgIpc) is 3.51. The second-order valence-corrected chi connectivity index (χ2v) is 12.1. The summed E-state index contributed by atoms with van der Waals surface area (Å²) in [5, 5.41) is 6.62. The van der Waals surface area contributed by atoms with Gasteiger partial charge in [-0.1, -0.05) is 17.7 Å². The maximum atomic E-state index is 13.3. The number of phosphoric acid groups is 1. The van der Waals surface area contributed by atoms with Crippen molar-refractivity contribution in [1.29, 1.82) is 0 Å². The molecule has 0 bridgehead atoms. The Morgan fingerprint density at radius 1 is 1.24 bits per heavy atom. The molecule has 2 heterocycles. The van der Waals surface area contributed by atoms with E-state index in [0.29, 0.717) is 71.8 Å². The summed E-state index contributed by atoms with van der Waals surface area (Å²) >= 11 is 6.18. The Labute approximate surface area is 225 Å². The van der Waals surface area contributed by atoms with Gasteiger partial charge >= 0.3 is 7.82 Å². The molecule has 3 aliphatic rings. The van der Waals surface area contributed by atoms with Gasteiger partial charge in [-0.05, 0) is 68.1 Å². The SMILES string of the molecule is O=Cc1ccc(CNc2nc(N3CCC4(CC4)C3)ncc2C(=O)NC2CCC(OP(=O)(O)O)CC2)cc1Cl. The smallest absolute Gasteiger partial charge is 0.365 e. The molecule has 1 aromatic carbocycles. The first-order chi connectivity index (χ1) is 18.1. The minimum absolute atomic E-state index is 0.158. The highest BCUT2D eigenvalue weighted by molar-refractivity contribution is 7.46. The van der Waals surface area contributed by atoms with Crippen LogP contribution in [0, 0.1) is 5.41 Å². The van der Waals surface area contributed by atoms with E-state index in [0.717, 1.165) is 25.1 Å². The molecule has 38 heavy (non-hydrogen) atoms. The largest absolute Gasteiger partial charge is 0.469 e. The summed E-state index contributed by atoms with van der Waals surface area (Å²) in [5.41, 5.74) is 1.93. The Morgan fingerprint density at radius 2 is 2.00 bits per heavy atom. The predicted octanol–water partition coefficient (Wildman–Crippen LogP) is 3.70. The second-order valence-electron chi connectivity index (χ2n) is 10.5. The average molecular weight is 564 g/mol. The summed E-state index contributed by atoms with van der Waals surface area (Å²) in [4.78, 5) is 53.9. The van der Waals surface area contributed by atoms with Crippen molar-refractivity contribution in [1.82, 2.24) is 15.3 Å². The summed E-state index contributed by atoms with van der Waals surface area (Å²) in [6.07, 6.45) is 7.24. The number of nitrogens with one attached hydrogen (secondary N) is 2. The fourth-order valence-corrected chi connectivity index (χ4v) is 6.10. The number of aromatic nitrogens is 2. The molecule has 1 saturated heterocycles. The first kappa shape index (κ1) is 27.0.